The highest BCUT2D eigenvalue weighted by molar-refractivity contribution is 5.99. The first-order valence-corrected chi connectivity index (χ1v) is 8.70. The standard InChI is InChI=1S/C18H26N4O4/c1-5-26-17(25)22-8-6-21(7-9-22)16(24)14-10-13(11-19-12-14)15(23)20-18(2,3)4/h10-12H,5-9H2,1-4H3,(H,20,23). The quantitative estimate of drug-likeness (QED) is 0.880. The predicted octanol–water partition coefficient (Wildman–Crippen LogP) is 1.52. The first-order chi connectivity index (χ1) is 12.2. The second kappa shape index (κ2) is 8.16. The Kier molecular flexibility index (Phi) is 6.18. The number of ether oxygens (including phenoxy) is 1. The third kappa shape index (κ3) is 5.18. The number of hydrogen-bond acceptors (Lipinski definition) is 5. The zero-order valence-corrected chi connectivity index (χ0v) is 15.7. The third-order valence-electron chi connectivity index (χ3n) is 3.83. The fourth-order valence-corrected chi connectivity index (χ4v) is 2.58. The highest BCUT2D eigenvalue weighted by atomic mass is 16.6. The SMILES string of the molecule is CCOC(=O)N1CCN(C(=O)c2cncc(C(=O)NC(C)(C)C)c2)CC1. The minimum Gasteiger partial charge on any atom is -0.450 e. The van der Waals surface area contributed by atoms with Crippen molar-refractivity contribution in [2.24, 2.45) is 0 Å². The summed E-state index contributed by atoms with van der Waals surface area (Å²) in [4.78, 5) is 43.9. The van der Waals surface area contributed by atoms with Gasteiger partial charge in [-0.15, -0.1) is 0 Å². The Hall–Kier alpha value is -2.64. The number of carbonyl (C=O) groups is 3. The van der Waals surface area contributed by atoms with Crippen LogP contribution in [0.3, 0.4) is 0 Å². The molecule has 0 saturated carbocycles. The van der Waals surface area contributed by atoms with E-state index in [0.29, 0.717) is 43.9 Å². The van der Waals surface area contributed by atoms with Gasteiger partial charge in [-0.1, -0.05) is 0 Å². The molecule has 2 heterocycles. The van der Waals surface area contributed by atoms with Gasteiger partial charge in [0, 0.05) is 44.1 Å². The van der Waals surface area contributed by atoms with Crippen molar-refractivity contribution in [3.63, 3.8) is 0 Å². The fourth-order valence-electron chi connectivity index (χ4n) is 2.58. The van der Waals surface area contributed by atoms with Crippen LogP contribution in [0.25, 0.3) is 0 Å². The summed E-state index contributed by atoms with van der Waals surface area (Å²) in [5, 5.41) is 2.85. The summed E-state index contributed by atoms with van der Waals surface area (Å²) < 4.78 is 4.97. The Morgan fingerprint density at radius 1 is 1.08 bits per heavy atom. The fraction of sp³-hybridized carbons (Fsp3) is 0.556. The van der Waals surface area contributed by atoms with Gasteiger partial charge >= 0.3 is 6.09 Å². The molecule has 8 nitrogen and oxygen atoms in total. The van der Waals surface area contributed by atoms with E-state index in [1.165, 1.54) is 12.4 Å². The van der Waals surface area contributed by atoms with Crippen LogP contribution in [0, 0.1) is 0 Å². The lowest BCUT2D eigenvalue weighted by atomic mass is 10.1. The Bertz CT molecular complexity index is 676. The smallest absolute Gasteiger partial charge is 0.409 e. The van der Waals surface area contributed by atoms with Crippen LogP contribution in [-0.4, -0.2) is 71.0 Å². The normalized spacial score (nSPS) is 14.8. The summed E-state index contributed by atoms with van der Waals surface area (Å²) in [5.41, 5.74) is 0.327. The molecule has 0 bridgehead atoms. The Morgan fingerprint density at radius 3 is 2.23 bits per heavy atom. The van der Waals surface area contributed by atoms with E-state index in [0.717, 1.165) is 0 Å². The van der Waals surface area contributed by atoms with Crippen LogP contribution in [0.5, 0.6) is 0 Å². The van der Waals surface area contributed by atoms with E-state index in [2.05, 4.69) is 10.3 Å². The maximum absolute atomic E-state index is 12.7. The summed E-state index contributed by atoms with van der Waals surface area (Å²) >= 11 is 0. The summed E-state index contributed by atoms with van der Waals surface area (Å²) in [6, 6.07) is 1.55. The molecule has 1 aliphatic rings. The van der Waals surface area contributed by atoms with Crippen LogP contribution in [0.1, 0.15) is 48.4 Å². The van der Waals surface area contributed by atoms with E-state index in [-0.39, 0.29) is 23.4 Å². The van der Waals surface area contributed by atoms with E-state index in [9.17, 15) is 14.4 Å². The van der Waals surface area contributed by atoms with E-state index in [1.807, 2.05) is 20.8 Å². The van der Waals surface area contributed by atoms with Crippen molar-refractivity contribution in [3.05, 3.63) is 29.6 Å². The number of aromatic nitrogens is 1. The Labute approximate surface area is 153 Å². The molecule has 3 amide bonds. The summed E-state index contributed by atoms with van der Waals surface area (Å²) in [6.45, 7) is 9.40. The van der Waals surface area contributed by atoms with Crippen molar-refractivity contribution < 1.29 is 19.1 Å². The van der Waals surface area contributed by atoms with Gasteiger partial charge in [0.1, 0.15) is 0 Å². The van der Waals surface area contributed by atoms with Gasteiger partial charge in [-0.2, -0.15) is 0 Å². The second-order valence-corrected chi connectivity index (χ2v) is 7.14. The predicted molar refractivity (Wildman–Crippen MR) is 96.0 cm³/mol. The molecule has 0 radical (unpaired) electrons. The van der Waals surface area contributed by atoms with Gasteiger partial charge in [-0.3, -0.25) is 14.6 Å². The summed E-state index contributed by atoms with van der Waals surface area (Å²) in [7, 11) is 0. The number of pyridine rings is 1. The molecule has 1 aromatic rings. The number of amides is 3. The van der Waals surface area contributed by atoms with Crippen LogP contribution in [-0.2, 0) is 4.74 Å². The monoisotopic (exact) mass is 362 g/mol. The van der Waals surface area contributed by atoms with Gasteiger partial charge in [0.2, 0.25) is 0 Å². The number of piperazine rings is 1. The molecule has 2 rings (SSSR count). The minimum absolute atomic E-state index is 0.202. The Morgan fingerprint density at radius 2 is 1.65 bits per heavy atom. The maximum Gasteiger partial charge on any atom is 0.409 e. The average molecular weight is 362 g/mol. The third-order valence-corrected chi connectivity index (χ3v) is 3.83. The summed E-state index contributed by atoms with van der Waals surface area (Å²) in [5.74, 6) is -0.474. The van der Waals surface area contributed by atoms with Gasteiger partial charge in [-0.05, 0) is 33.8 Å². The Balaban J connectivity index is 2.01. The van der Waals surface area contributed by atoms with Crippen LogP contribution in [0.15, 0.2) is 18.5 Å². The van der Waals surface area contributed by atoms with Crippen LogP contribution in [0.2, 0.25) is 0 Å². The maximum atomic E-state index is 12.7. The lowest BCUT2D eigenvalue weighted by molar-refractivity contribution is 0.0570. The minimum atomic E-state index is -0.374. The number of nitrogens with zero attached hydrogens (tertiary/aromatic N) is 3. The second-order valence-electron chi connectivity index (χ2n) is 7.14. The molecule has 0 aromatic carbocycles. The number of hydrogen-bond donors (Lipinski definition) is 1. The zero-order valence-electron chi connectivity index (χ0n) is 15.7. The molecule has 1 aromatic heterocycles. The molecule has 1 fully saturated rings. The molecule has 26 heavy (non-hydrogen) atoms. The molecule has 1 aliphatic heterocycles. The van der Waals surface area contributed by atoms with Crippen molar-refractivity contribution in [2.45, 2.75) is 33.2 Å². The van der Waals surface area contributed by atoms with E-state index in [1.54, 1.807) is 22.8 Å². The first kappa shape index (κ1) is 19.7. The molecule has 1 saturated heterocycles. The van der Waals surface area contributed by atoms with E-state index in [4.69, 9.17) is 4.74 Å². The van der Waals surface area contributed by atoms with Gasteiger partial charge in [0.15, 0.2) is 0 Å². The largest absolute Gasteiger partial charge is 0.450 e. The summed E-state index contributed by atoms with van der Waals surface area (Å²) in [6.07, 6.45) is 2.53. The van der Waals surface area contributed by atoms with Gasteiger partial charge in [0.25, 0.3) is 11.8 Å². The number of nitrogens with one attached hydrogen (secondary N) is 1. The topological polar surface area (TPSA) is 91.8 Å². The van der Waals surface area contributed by atoms with E-state index >= 15 is 0 Å². The van der Waals surface area contributed by atoms with Gasteiger partial charge < -0.3 is 19.9 Å². The average Bonchev–Trinajstić information content (AvgIpc) is 2.60. The number of rotatable bonds is 3. The van der Waals surface area contributed by atoms with Gasteiger partial charge in [0.05, 0.1) is 17.7 Å². The van der Waals surface area contributed by atoms with Crippen LogP contribution < -0.4 is 5.32 Å². The van der Waals surface area contributed by atoms with Crippen LogP contribution >= 0.6 is 0 Å². The lowest BCUT2D eigenvalue weighted by Crippen LogP contribution is -2.50. The van der Waals surface area contributed by atoms with Crippen molar-refractivity contribution in [2.75, 3.05) is 32.8 Å². The molecule has 142 valence electrons. The lowest BCUT2D eigenvalue weighted by Gasteiger charge is -2.34. The number of carbonyl (C=O) groups excluding carboxylic acids is 3. The molecular formula is C18H26N4O4. The molecule has 0 aliphatic carbocycles. The molecule has 8 heteroatoms. The van der Waals surface area contributed by atoms with Gasteiger partial charge in [-0.25, -0.2) is 4.79 Å². The van der Waals surface area contributed by atoms with Crippen molar-refractivity contribution >= 4 is 17.9 Å². The van der Waals surface area contributed by atoms with Crippen LogP contribution in [0.4, 0.5) is 4.79 Å². The van der Waals surface area contributed by atoms with E-state index < -0.39 is 0 Å². The molecule has 0 atom stereocenters. The molecule has 0 unspecified atom stereocenters. The zero-order chi connectivity index (χ0) is 19.3. The van der Waals surface area contributed by atoms with Crippen molar-refractivity contribution in [3.8, 4) is 0 Å². The first-order valence-electron chi connectivity index (χ1n) is 8.70. The highest BCUT2D eigenvalue weighted by Crippen LogP contribution is 2.12. The molecule has 0 spiro atoms. The molecule has 1 N–H and O–H groups in total. The highest BCUT2D eigenvalue weighted by Gasteiger charge is 2.26. The van der Waals surface area contributed by atoms with Crippen molar-refractivity contribution in [1.29, 1.82) is 0 Å². The molecular weight excluding hydrogens is 336 g/mol. The van der Waals surface area contributed by atoms with Crippen molar-refractivity contribution in [1.82, 2.24) is 20.1 Å².